The van der Waals surface area contributed by atoms with Gasteiger partial charge in [0.25, 0.3) is 0 Å². The average molecular weight is 209 g/mol. The average Bonchev–Trinajstić information content (AvgIpc) is 2.27. The Labute approximate surface area is 91.2 Å². The van der Waals surface area contributed by atoms with Crippen molar-refractivity contribution in [1.82, 2.24) is 0 Å². The number of benzene rings is 1. The van der Waals surface area contributed by atoms with E-state index in [9.17, 15) is 0 Å². The van der Waals surface area contributed by atoms with Crippen molar-refractivity contribution in [3.8, 4) is 11.5 Å². The van der Waals surface area contributed by atoms with Gasteiger partial charge in [-0.2, -0.15) is 0 Å². The fourth-order valence-corrected chi connectivity index (χ4v) is 1.24. The summed E-state index contributed by atoms with van der Waals surface area (Å²) in [5.41, 5.74) is 5.39. The van der Waals surface area contributed by atoms with E-state index in [-0.39, 0.29) is 0 Å². The Kier molecular flexibility index (Phi) is 5.63. The summed E-state index contributed by atoms with van der Waals surface area (Å²) in [7, 11) is 0. The topological polar surface area (TPSA) is 44.5 Å². The zero-order valence-corrected chi connectivity index (χ0v) is 9.24. The van der Waals surface area contributed by atoms with Crippen molar-refractivity contribution < 1.29 is 9.47 Å². The van der Waals surface area contributed by atoms with Gasteiger partial charge in [-0.1, -0.05) is 0 Å². The molecule has 2 N–H and O–H groups in total. The maximum atomic E-state index is 5.53. The summed E-state index contributed by atoms with van der Waals surface area (Å²) >= 11 is 0. The molecule has 0 heterocycles. The van der Waals surface area contributed by atoms with Gasteiger partial charge >= 0.3 is 0 Å². The number of ether oxygens (including phenoxy) is 2. The van der Waals surface area contributed by atoms with Gasteiger partial charge in [-0.25, -0.2) is 0 Å². The first-order valence-corrected chi connectivity index (χ1v) is 5.42. The lowest BCUT2D eigenvalue weighted by atomic mass is 10.3. The molecule has 0 bridgehead atoms. The summed E-state index contributed by atoms with van der Waals surface area (Å²) in [6.07, 6.45) is 2.01. The van der Waals surface area contributed by atoms with Gasteiger partial charge in [-0.05, 0) is 50.6 Å². The summed E-state index contributed by atoms with van der Waals surface area (Å²) in [6.45, 7) is 4.12. The third-order valence-electron chi connectivity index (χ3n) is 2.00. The maximum Gasteiger partial charge on any atom is 0.119 e. The molecule has 0 aliphatic rings. The number of hydrogen-bond donors (Lipinski definition) is 1. The summed E-state index contributed by atoms with van der Waals surface area (Å²) < 4.78 is 10.9. The zero-order valence-electron chi connectivity index (χ0n) is 9.24. The second-order valence-corrected chi connectivity index (χ2v) is 3.25. The third-order valence-corrected chi connectivity index (χ3v) is 2.00. The van der Waals surface area contributed by atoms with E-state index in [0.29, 0.717) is 6.61 Å². The Bertz CT molecular complexity index is 259. The standard InChI is InChI=1S/C12H19NO2/c1-2-14-11-5-7-12(8-6-11)15-10-4-3-9-13/h5-8H,2-4,9-10,13H2,1H3. The quantitative estimate of drug-likeness (QED) is 0.700. The lowest BCUT2D eigenvalue weighted by Gasteiger charge is -2.07. The fourth-order valence-electron chi connectivity index (χ4n) is 1.24. The number of unbranched alkanes of at least 4 members (excludes halogenated alkanes) is 1. The van der Waals surface area contributed by atoms with Crippen LogP contribution in [-0.4, -0.2) is 19.8 Å². The van der Waals surface area contributed by atoms with E-state index in [0.717, 1.165) is 37.5 Å². The van der Waals surface area contributed by atoms with E-state index < -0.39 is 0 Å². The molecular weight excluding hydrogens is 190 g/mol. The molecule has 0 atom stereocenters. The van der Waals surface area contributed by atoms with E-state index in [2.05, 4.69) is 0 Å². The van der Waals surface area contributed by atoms with Crippen molar-refractivity contribution >= 4 is 0 Å². The second kappa shape index (κ2) is 7.12. The largest absolute Gasteiger partial charge is 0.494 e. The van der Waals surface area contributed by atoms with E-state index in [1.807, 2.05) is 31.2 Å². The van der Waals surface area contributed by atoms with Gasteiger partial charge in [0.05, 0.1) is 13.2 Å². The van der Waals surface area contributed by atoms with Gasteiger partial charge in [-0.15, -0.1) is 0 Å². The minimum atomic E-state index is 0.691. The summed E-state index contributed by atoms with van der Waals surface area (Å²) in [5.74, 6) is 1.77. The molecule has 0 amide bonds. The van der Waals surface area contributed by atoms with Crippen LogP contribution < -0.4 is 15.2 Å². The third kappa shape index (κ3) is 4.70. The maximum absolute atomic E-state index is 5.53. The first kappa shape index (κ1) is 11.9. The van der Waals surface area contributed by atoms with Gasteiger partial charge in [0.15, 0.2) is 0 Å². The lowest BCUT2D eigenvalue weighted by Crippen LogP contribution is -2.03. The van der Waals surface area contributed by atoms with Crippen LogP contribution in [0.5, 0.6) is 11.5 Å². The van der Waals surface area contributed by atoms with Crippen LogP contribution in [0.25, 0.3) is 0 Å². The first-order chi connectivity index (χ1) is 7.36. The molecule has 0 aliphatic carbocycles. The SMILES string of the molecule is CCOc1ccc(OCCCCN)cc1. The molecule has 0 saturated heterocycles. The highest BCUT2D eigenvalue weighted by Crippen LogP contribution is 2.17. The van der Waals surface area contributed by atoms with E-state index >= 15 is 0 Å². The molecule has 0 radical (unpaired) electrons. The van der Waals surface area contributed by atoms with Gasteiger partial charge in [-0.3, -0.25) is 0 Å². The molecule has 0 unspecified atom stereocenters. The molecule has 84 valence electrons. The number of hydrogen-bond acceptors (Lipinski definition) is 3. The minimum absolute atomic E-state index is 0.691. The molecule has 1 aromatic rings. The van der Waals surface area contributed by atoms with Crippen molar-refractivity contribution in [2.24, 2.45) is 5.73 Å². The molecule has 0 aromatic heterocycles. The van der Waals surface area contributed by atoms with Gasteiger partial charge in [0.2, 0.25) is 0 Å². The molecule has 3 nitrogen and oxygen atoms in total. The van der Waals surface area contributed by atoms with Crippen molar-refractivity contribution in [2.75, 3.05) is 19.8 Å². The molecule has 15 heavy (non-hydrogen) atoms. The molecule has 0 fully saturated rings. The zero-order chi connectivity index (χ0) is 10.9. The van der Waals surface area contributed by atoms with Gasteiger partial charge in [0.1, 0.15) is 11.5 Å². The van der Waals surface area contributed by atoms with Crippen LogP contribution in [0, 0.1) is 0 Å². The highest BCUT2D eigenvalue weighted by atomic mass is 16.5. The monoisotopic (exact) mass is 209 g/mol. The fraction of sp³-hybridized carbons (Fsp3) is 0.500. The van der Waals surface area contributed by atoms with Crippen LogP contribution in [0.2, 0.25) is 0 Å². The van der Waals surface area contributed by atoms with E-state index in [4.69, 9.17) is 15.2 Å². The van der Waals surface area contributed by atoms with Crippen LogP contribution in [0.3, 0.4) is 0 Å². The van der Waals surface area contributed by atoms with Gasteiger partial charge < -0.3 is 15.2 Å². The summed E-state index contributed by atoms with van der Waals surface area (Å²) in [6, 6.07) is 7.68. The summed E-state index contributed by atoms with van der Waals surface area (Å²) in [5, 5.41) is 0. The molecule has 0 spiro atoms. The Balaban J connectivity index is 2.29. The molecule has 0 aliphatic heterocycles. The number of rotatable bonds is 7. The summed E-state index contributed by atoms with van der Waals surface area (Å²) in [4.78, 5) is 0. The Hall–Kier alpha value is -1.22. The highest BCUT2D eigenvalue weighted by molar-refractivity contribution is 5.31. The van der Waals surface area contributed by atoms with Crippen molar-refractivity contribution in [1.29, 1.82) is 0 Å². The molecule has 0 saturated carbocycles. The normalized spacial score (nSPS) is 10.0. The van der Waals surface area contributed by atoms with Crippen molar-refractivity contribution in [2.45, 2.75) is 19.8 Å². The lowest BCUT2D eigenvalue weighted by molar-refractivity contribution is 0.305. The van der Waals surface area contributed by atoms with Crippen LogP contribution in [-0.2, 0) is 0 Å². The Morgan fingerprint density at radius 3 is 2.13 bits per heavy atom. The van der Waals surface area contributed by atoms with Crippen LogP contribution in [0.4, 0.5) is 0 Å². The van der Waals surface area contributed by atoms with Crippen LogP contribution in [0.15, 0.2) is 24.3 Å². The first-order valence-electron chi connectivity index (χ1n) is 5.42. The molecule has 3 heteroatoms. The van der Waals surface area contributed by atoms with E-state index in [1.54, 1.807) is 0 Å². The van der Waals surface area contributed by atoms with Crippen LogP contribution in [0.1, 0.15) is 19.8 Å². The Morgan fingerprint density at radius 1 is 1.00 bits per heavy atom. The predicted molar refractivity (Wildman–Crippen MR) is 61.4 cm³/mol. The van der Waals surface area contributed by atoms with E-state index in [1.165, 1.54) is 0 Å². The smallest absolute Gasteiger partial charge is 0.119 e. The second-order valence-electron chi connectivity index (χ2n) is 3.25. The van der Waals surface area contributed by atoms with Crippen molar-refractivity contribution in [3.05, 3.63) is 24.3 Å². The minimum Gasteiger partial charge on any atom is -0.494 e. The Morgan fingerprint density at radius 2 is 1.60 bits per heavy atom. The molecule has 1 aromatic carbocycles. The highest BCUT2D eigenvalue weighted by Gasteiger charge is 1.95. The predicted octanol–water partition coefficient (Wildman–Crippen LogP) is 2.20. The number of nitrogens with two attached hydrogens (primary N) is 1. The van der Waals surface area contributed by atoms with Crippen LogP contribution >= 0.6 is 0 Å². The molecular formula is C12H19NO2. The van der Waals surface area contributed by atoms with Crippen molar-refractivity contribution in [3.63, 3.8) is 0 Å². The molecule has 1 rings (SSSR count). The van der Waals surface area contributed by atoms with Gasteiger partial charge in [0, 0.05) is 0 Å².